The molecule has 8 heteroatoms. The van der Waals surface area contributed by atoms with Crippen molar-refractivity contribution in [1.29, 1.82) is 0 Å². The van der Waals surface area contributed by atoms with Gasteiger partial charge in [-0.3, -0.25) is 9.78 Å². The van der Waals surface area contributed by atoms with Crippen molar-refractivity contribution in [2.45, 2.75) is 25.7 Å². The predicted octanol–water partition coefficient (Wildman–Crippen LogP) is 1.42. The van der Waals surface area contributed by atoms with E-state index in [0.717, 1.165) is 29.8 Å². The lowest BCUT2D eigenvalue weighted by Gasteiger charge is -2.11. The number of rotatable bonds is 1. The fourth-order valence-corrected chi connectivity index (χ4v) is 4.05. The van der Waals surface area contributed by atoms with Gasteiger partial charge in [0.05, 0.1) is 10.6 Å². The van der Waals surface area contributed by atoms with Crippen molar-refractivity contribution in [2.75, 3.05) is 11.5 Å². The molecule has 6 N–H and O–H groups in total. The Morgan fingerprint density at radius 3 is 2.76 bits per heavy atom. The van der Waals surface area contributed by atoms with Crippen LogP contribution < -0.4 is 17.0 Å². The number of nitrogens with zero attached hydrogens (tertiary/aromatic N) is 2. The molecule has 7 nitrogen and oxygen atoms in total. The summed E-state index contributed by atoms with van der Waals surface area (Å²) in [5, 5.41) is 0.741. The molecule has 0 fully saturated rings. The van der Waals surface area contributed by atoms with Crippen LogP contribution >= 0.6 is 11.3 Å². The summed E-state index contributed by atoms with van der Waals surface area (Å²) in [7, 11) is 0. The quantitative estimate of drug-likeness (QED) is 0.540. The molecule has 1 aliphatic rings. The summed E-state index contributed by atoms with van der Waals surface area (Å²) in [4.78, 5) is 27.2. The van der Waals surface area contributed by atoms with Crippen LogP contribution in [0.3, 0.4) is 0 Å². The van der Waals surface area contributed by atoms with Gasteiger partial charge in [-0.2, -0.15) is 4.98 Å². The maximum Gasteiger partial charge on any atom is 0.278 e. The molecular weight excluding hydrogens is 288 g/mol. The molecule has 108 valence electrons. The van der Waals surface area contributed by atoms with E-state index in [2.05, 4.69) is 19.9 Å². The Morgan fingerprint density at radius 2 is 1.90 bits per heavy atom. The van der Waals surface area contributed by atoms with Crippen LogP contribution in [0.1, 0.15) is 23.3 Å². The summed E-state index contributed by atoms with van der Waals surface area (Å²) in [6, 6.07) is 0. The summed E-state index contributed by atoms with van der Waals surface area (Å²) >= 11 is 1.62. The van der Waals surface area contributed by atoms with Crippen molar-refractivity contribution in [2.24, 2.45) is 0 Å². The van der Waals surface area contributed by atoms with Crippen LogP contribution in [0.25, 0.3) is 22.6 Å². The molecule has 0 unspecified atom stereocenters. The number of nitrogen functional groups attached to an aromatic ring is 2. The minimum Gasteiger partial charge on any atom is -0.390 e. The Morgan fingerprint density at radius 1 is 1.10 bits per heavy atom. The first kappa shape index (κ1) is 12.4. The zero-order chi connectivity index (χ0) is 14.6. The average Bonchev–Trinajstić information content (AvgIpc) is 2.98. The fourth-order valence-electron chi connectivity index (χ4n) is 2.89. The van der Waals surface area contributed by atoms with Gasteiger partial charge in [0, 0.05) is 4.88 Å². The number of fused-ring (bicyclic) bond motifs is 2. The van der Waals surface area contributed by atoms with Crippen LogP contribution in [-0.2, 0) is 12.8 Å². The number of aryl methyl sites for hydroxylation is 1. The molecule has 21 heavy (non-hydrogen) atoms. The van der Waals surface area contributed by atoms with Gasteiger partial charge in [-0.15, -0.1) is 11.3 Å². The van der Waals surface area contributed by atoms with Crippen molar-refractivity contribution in [1.82, 2.24) is 19.9 Å². The molecule has 0 atom stereocenters. The summed E-state index contributed by atoms with van der Waals surface area (Å²) in [6.45, 7) is 0. The van der Waals surface area contributed by atoms with E-state index in [1.54, 1.807) is 11.3 Å². The average molecular weight is 302 g/mol. The van der Waals surface area contributed by atoms with E-state index in [0.29, 0.717) is 17.0 Å². The molecule has 0 amide bonds. The Hall–Kier alpha value is -2.35. The number of anilines is 2. The predicted molar refractivity (Wildman–Crippen MR) is 83.3 cm³/mol. The highest BCUT2D eigenvalue weighted by Gasteiger charge is 2.23. The van der Waals surface area contributed by atoms with Crippen LogP contribution in [0.15, 0.2) is 4.79 Å². The maximum absolute atomic E-state index is 11.9. The van der Waals surface area contributed by atoms with Crippen molar-refractivity contribution in [3.05, 3.63) is 20.8 Å². The van der Waals surface area contributed by atoms with Gasteiger partial charge in [0.1, 0.15) is 5.82 Å². The van der Waals surface area contributed by atoms with E-state index < -0.39 is 0 Å². The number of nitrogens with one attached hydrogen (secondary N) is 2. The number of nitrogens with two attached hydrogens (primary N) is 2. The smallest absolute Gasteiger partial charge is 0.278 e. The molecule has 0 spiro atoms. The van der Waals surface area contributed by atoms with Crippen molar-refractivity contribution < 1.29 is 0 Å². The van der Waals surface area contributed by atoms with Gasteiger partial charge in [0.2, 0.25) is 5.95 Å². The van der Waals surface area contributed by atoms with E-state index in [4.69, 9.17) is 11.5 Å². The maximum atomic E-state index is 11.9. The first-order chi connectivity index (χ1) is 10.1. The van der Waals surface area contributed by atoms with Gasteiger partial charge in [0.15, 0.2) is 11.2 Å². The highest BCUT2D eigenvalue weighted by atomic mass is 32.1. The lowest BCUT2D eigenvalue weighted by Crippen LogP contribution is -2.10. The third-order valence-electron chi connectivity index (χ3n) is 3.82. The molecule has 1 aliphatic carbocycles. The second-order valence-corrected chi connectivity index (χ2v) is 6.32. The van der Waals surface area contributed by atoms with Gasteiger partial charge >= 0.3 is 0 Å². The van der Waals surface area contributed by atoms with E-state index in [-0.39, 0.29) is 11.5 Å². The number of hydrogen-bond donors (Lipinski definition) is 4. The monoisotopic (exact) mass is 302 g/mol. The van der Waals surface area contributed by atoms with Crippen molar-refractivity contribution in [3.63, 3.8) is 0 Å². The lowest BCUT2D eigenvalue weighted by molar-refractivity contribution is 0.698. The largest absolute Gasteiger partial charge is 0.390 e. The molecule has 0 saturated carbocycles. The molecule has 0 aromatic carbocycles. The van der Waals surface area contributed by atoms with E-state index in [9.17, 15) is 4.79 Å². The van der Waals surface area contributed by atoms with Crippen molar-refractivity contribution >= 4 is 33.5 Å². The molecule has 0 aliphatic heterocycles. The molecular formula is C13H14N6OS. The molecule has 3 aromatic heterocycles. The Balaban J connectivity index is 1.97. The minimum absolute atomic E-state index is 0.0610. The summed E-state index contributed by atoms with van der Waals surface area (Å²) in [5.74, 6) is 0.663. The third kappa shape index (κ3) is 1.83. The molecule has 0 saturated heterocycles. The molecule has 3 heterocycles. The number of thiophene rings is 1. The zero-order valence-electron chi connectivity index (χ0n) is 11.2. The standard InChI is InChI=1S/C13H14N6OS/c14-9-7(5-3-1-2-4-6(5)21-9)10-16-8-11(17-10)18-13(15)19-12(8)20/h1-4,14H2,(H4,15,16,17,18,19,20). The van der Waals surface area contributed by atoms with Gasteiger partial charge in [-0.05, 0) is 31.2 Å². The van der Waals surface area contributed by atoms with Crippen LogP contribution in [-0.4, -0.2) is 19.9 Å². The van der Waals surface area contributed by atoms with Gasteiger partial charge in [0.25, 0.3) is 5.56 Å². The number of hydrogen-bond acceptors (Lipinski definition) is 6. The number of aromatic amines is 2. The normalized spacial score (nSPS) is 14.5. The van der Waals surface area contributed by atoms with Gasteiger partial charge in [-0.1, -0.05) is 0 Å². The highest BCUT2D eigenvalue weighted by Crippen LogP contribution is 2.41. The molecule has 0 bridgehead atoms. The van der Waals surface area contributed by atoms with Gasteiger partial charge in [-0.25, -0.2) is 4.98 Å². The molecule has 0 radical (unpaired) electrons. The summed E-state index contributed by atoms with van der Waals surface area (Å²) < 4.78 is 0. The number of aromatic nitrogens is 4. The highest BCUT2D eigenvalue weighted by molar-refractivity contribution is 7.16. The Bertz CT molecular complexity index is 905. The van der Waals surface area contributed by atoms with E-state index >= 15 is 0 Å². The fraction of sp³-hybridized carbons (Fsp3) is 0.308. The van der Waals surface area contributed by atoms with Crippen LogP contribution in [0.5, 0.6) is 0 Å². The minimum atomic E-state index is -0.320. The first-order valence-electron chi connectivity index (χ1n) is 6.79. The number of imidazole rings is 1. The third-order valence-corrected chi connectivity index (χ3v) is 4.94. The van der Waals surface area contributed by atoms with E-state index in [1.165, 1.54) is 16.9 Å². The second kappa shape index (κ2) is 4.32. The van der Waals surface area contributed by atoms with Gasteiger partial charge < -0.3 is 16.5 Å². The SMILES string of the molecule is Nc1nc2nc(-c3c(N)sc4c3CCCC4)[nH]c2c(=O)[nH]1. The second-order valence-electron chi connectivity index (χ2n) is 5.19. The molecule has 4 rings (SSSR count). The van der Waals surface area contributed by atoms with Crippen LogP contribution in [0.4, 0.5) is 10.9 Å². The summed E-state index contributed by atoms with van der Waals surface area (Å²) in [6.07, 6.45) is 4.42. The van der Waals surface area contributed by atoms with E-state index in [1.807, 2.05) is 0 Å². The first-order valence-corrected chi connectivity index (χ1v) is 7.61. The van der Waals surface area contributed by atoms with Crippen LogP contribution in [0, 0.1) is 0 Å². The van der Waals surface area contributed by atoms with Crippen molar-refractivity contribution in [3.8, 4) is 11.4 Å². The summed E-state index contributed by atoms with van der Waals surface area (Å²) in [5.41, 5.74) is 14.2. The lowest BCUT2D eigenvalue weighted by atomic mass is 9.95. The Labute approximate surface area is 123 Å². The Kier molecular flexibility index (Phi) is 2.55. The number of H-pyrrole nitrogens is 2. The molecule has 3 aromatic rings. The topological polar surface area (TPSA) is 126 Å². The zero-order valence-corrected chi connectivity index (χ0v) is 12.0. The van der Waals surface area contributed by atoms with Crippen LogP contribution in [0.2, 0.25) is 0 Å².